The molecule has 4 heteroatoms. The molecular formula is C16H22N2O2. The van der Waals surface area contributed by atoms with E-state index in [1.54, 1.807) is 12.1 Å². The second-order valence-electron chi connectivity index (χ2n) is 6.35. The molecule has 0 spiro atoms. The van der Waals surface area contributed by atoms with Crippen molar-refractivity contribution in [2.75, 3.05) is 0 Å². The molecule has 4 atom stereocenters. The Balaban J connectivity index is 1.52. The van der Waals surface area contributed by atoms with Crippen LogP contribution in [0.3, 0.4) is 0 Å². The van der Waals surface area contributed by atoms with Gasteiger partial charge in [0.2, 0.25) is 0 Å². The fraction of sp³-hybridized carbons (Fsp3) is 0.625. The van der Waals surface area contributed by atoms with Crippen LogP contribution in [0.1, 0.15) is 48.7 Å². The second kappa shape index (κ2) is 5.52. The number of hydrogen-bond donors (Lipinski definition) is 2. The quantitative estimate of drug-likeness (QED) is 0.866. The van der Waals surface area contributed by atoms with Gasteiger partial charge >= 0.3 is 5.97 Å². The summed E-state index contributed by atoms with van der Waals surface area (Å²) >= 11 is 0. The summed E-state index contributed by atoms with van der Waals surface area (Å²) in [5.74, 6) is 1.78. The normalized spacial score (nSPS) is 29.6. The molecular weight excluding hydrogens is 252 g/mol. The third-order valence-electron chi connectivity index (χ3n) is 5.11. The van der Waals surface area contributed by atoms with Crippen LogP contribution in [-0.2, 0) is 6.54 Å². The van der Waals surface area contributed by atoms with Crippen LogP contribution in [0.4, 0.5) is 0 Å². The van der Waals surface area contributed by atoms with Gasteiger partial charge in [-0.1, -0.05) is 6.42 Å². The van der Waals surface area contributed by atoms with Crippen LogP contribution in [0, 0.1) is 17.8 Å². The van der Waals surface area contributed by atoms with Gasteiger partial charge < -0.3 is 10.4 Å². The van der Waals surface area contributed by atoms with Gasteiger partial charge in [0.25, 0.3) is 0 Å². The Labute approximate surface area is 119 Å². The lowest BCUT2D eigenvalue weighted by molar-refractivity contribution is 0.0696. The fourth-order valence-electron chi connectivity index (χ4n) is 3.98. The molecule has 2 bridgehead atoms. The summed E-state index contributed by atoms with van der Waals surface area (Å²) in [4.78, 5) is 15.0. The van der Waals surface area contributed by atoms with E-state index in [2.05, 4.69) is 17.2 Å². The van der Waals surface area contributed by atoms with Gasteiger partial charge in [-0.25, -0.2) is 4.79 Å². The number of carbonyl (C=O) groups is 1. The summed E-state index contributed by atoms with van der Waals surface area (Å²) in [6, 6.07) is 3.93. The highest BCUT2D eigenvalue weighted by atomic mass is 16.4. The number of nitrogens with one attached hydrogen (secondary N) is 1. The van der Waals surface area contributed by atoms with Crippen LogP contribution in [0.5, 0.6) is 0 Å². The highest BCUT2D eigenvalue weighted by Crippen LogP contribution is 2.49. The first-order valence-electron chi connectivity index (χ1n) is 7.55. The van der Waals surface area contributed by atoms with Crippen molar-refractivity contribution in [1.29, 1.82) is 0 Å². The van der Waals surface area contributed by atoms with Crippen molar-refractivity contribution in [3.63, 3.8) is 0 Å². The lowest BCUT2D eigenvalue weighted by atomic mass is 9.84. The molecule has 0 saturated heterocycles. The zero-order chi connectivity index (χ0) is 14.1. The average molecular weight is 274 g/mol. The molecule has 1 aromatic heterocycles. The van der Waals surface area contributed by atoms with E-state index in [0.29, 0.717) is 6.04 Å². The van der Waals surface area contributed by atoms with Crippen molar-refractivity contribution < 1.29 is 9.90 Å². The molecule has 0 radical (unpaired) electrons. The first-order valence-corrected chi connectivity index (χ1v) is 7.55. The monoisotopic (exact) mass is 274 g/mol. The number of aromatic nitrogens is 1. The number of rotatable bonds is 5. The molecule has 0 aromatic carbocycles. The van der Waals surface area contributed by atoms with E-state index in [-0.39, 0.29) is 5.56 Å². The summed E-state index contributed by atoms with van der Waals surface area (Å²) in [7, 11) is 0. The maximum Gasteiger partial charge on any atom is 0.337 e. The third kappa shape index (κ3) is 2.70. The highest BCUT2D eigenvalue weighted by molar-refractivity contribution is 5.87. The molecule has 1 aromatic rings. The van der Waals surface area contributed by atoms with Crippen LogP contribution in [-0.4, -0.2) is 22.1 Å². The second-order valence-corrected chi connectivity index (χ2v) is 6.35. The van der Waals surface area contributed by atoms with E-state index in [1.807, 2.05) is 0 Å². The maximum absolute atomic E-state index is 10.8. The summed E-state index contributed by atoms with van der Waals surface area (Å²) < 4.78 is 0. The number of pyridine rings is 1. The van der Waals surface area contributed by atoms with Gasteiger partial charge in [0.15, 0.2) is 0 Å². The van der Waals surface area contributed by atoms with Crippen molar-refractivity contribution in [2.24, 2.45) is 17.8 Å². The minimum Gasteiger partial charge on any atom is -0.478 e. The van der Waals surface area contributed by atoms with Crippen molar-refractivity contribution in [3.8, 4) is 0 Å². The van der Waals surface area contributed by atoms with Gasteiger partial charge in [-0.15, -0.1) is 0 Å². The molecule has 3 rings (SSSR count). The Kier molecular flexibility index (Phi) is 3.74. The standard InChI is InChI=1S/C16H22N2O2/c1-10(15-7-11-2-3-12(15)6-11)17-9-14-5-4-13(8-18-14)16(19)20/h4-5,8,10-12,15,17H,2-3,6-7,9H2,1H3,(H,19,20). The zero-order valence-corrected chi connectivity index (χ0v) is 11.9. The number of carboxylic acids is 1. The molecule has 2 saturated carbocycles. The largest absolute Gasteiger partial charge is 0.478 e. The van der Waals surface area contributed by atoms with Crippen LogP contribution in [0.15, 0.2) is 18.3 Å². The van der Waals surface area contributed by atoms with E-state index >= 15 is 0 Å². The lowest BCUT2D eigenvalue weighted by Crippen LogP contribution is -2.36. The van der Waals surface area contributed by atoms with Gasteiger partial charge in [0, 0.05) is 18.8 Å². The molecule has 2 aliphatic carbocycles. The fourth-order valence-corrected chi connectivity index (χ4v) is 3.98. The number of nitrogens with zero attached hydrogens (tertiary/aromatic N) is 1. The summed E-state index contributed by atoms with van der Waals surface area (Å²) in [6.45, 7) is 2.99. The molecule has 0 aliphatic heterocycles. The van der Waals surface area contributed by atoms with Crippen molar-refractivity contribution in [2.45, 2.75) is 45.2 Å². The Morgan fingerprint density at radius 1 is 1.45 bits per heavy atom. The number of hydrogen-bond acceptors (Lipinski definition) is 3. The van der Waals surface area contributed by atoms with Crippen molar-refractivity contribution >= 4 is 5.97 Å². The van der Waals surface area contributed by atoms with E-state index in [4.69, 9.17) is 5.11 Å². The first kappa shape index (κ1) is 13.6. The minimum absolute atomic E-state index is 0.245. The molecule has 4 unspecified atom stereocenters. The third-order valence-corrected chi connectivity index (χ3v) is 5.11. The Hall–Kier alpha value is -1.42. The minimum atomic E-state index is -0.924. The molecule has 4 nitrogen and oxygen atoms in total. The van der Waals surface area contributed by atoms with E-state index in [0.717, 1.165) is 30.0 Å². The van der Waals surface area contributed by atoms with Gasteiger partial charge in [-0.3, -0.25) is 4.98 Å². The van der Waals surface area contributed by atoms with Crippen LogP contribution >= 0.6 is 0 Å². The number of aromatic carboxylic acids is 1. The summed E-state index contributed by atoms with van der Waals surface area (Å²) in [6.07, 6.45) is 7.09. The van der Waals surface area contributed by atoms with Gasteiger partial charge in [-0.05, 0) is 56.1 Å². The molecule has 108 valence electrons. The van der Waals surface area contributed by atoms with Gasteiger partial charge in [-0.2, -0.15) is 0 Å². The first-order chi connectivity index (χ1) is 9.63. The van der Waals surface area contributed by atoms with Gasteiger partial charge in [0.1, 0.15) is 0 Å². The van der Waals surface area contributed by atoms with Gasteiger partial charge in [0.05, 0.1) is 11.3 Å². The van der Waals surface area contributed by atoms with Crippen LogP contribution in [0.2, 0.25) is 0 Å². The number of carboxylic acid groups (broad SMARTS) is 1. The summed E-state index contributed by atoms with van der Waals surface area (Å²) in [5, 5.41) is 12.4. The zero-order valence-electron chi connectivity index (χ0n) is 11.9. The van der Waals surface area contributed by atoms with E-state index < -0.39 is 5.97 Å². The van der Waals surface area contributed by atoms with Crippen molar-refractivity contribution in [3.05, 3.63) is 29.6 Å². The topological polar surface area (TPSA) is 62.2 Å². The van der Waals surface area contributed by atoms with E-state index in [9.17, 15) is 4.79 Å². The predicted molar refractivity (Wildman–Crippen MR) is 76.4 cm³/mol. The Bertz CT molecular complexity index is 486. The molecule has 0 amide bonds. The number of fused-ring (bicyclic) bond motifs is 2. The average Bonchev–Trinajstić information content (AvgIpc) is 3.08. The predicted octanol–water partition coefficient (Wildman–Crippen LogP) is 2.69. The molecule has 2 aliphatic rings. The SMILES string of the molecule is CC(NCc1ccc(C(=O)O)cn1)C1CC2CCC1C2. The molecule has 2 fully saturated rings. The molecule has 2 N–H and O–H groups in total. The molecule has 1 heterocycles. The maximum atomic E-state index is 10.8. The highest BCUT2D eigenvalue weighted by Gasteiger charge is 2.41. The Morgan fingerprint density at radius 3 is 2.85 bits per heavy atom. The van der Waals surface area contributed by atoms with Crippen LogP contribution in [0.25, 0.3) is 0 Å². The summed E-state index contributed by atoms with van der Waals surface area (Å²) in [5.41, 5.74) is 1.15. The van der Waals surface area contributed by atoms with Crippen molar-refractivity contribution in [1.82, 2.24) is 10.3 Å². The smallest absolute Gasteiger partial charge is 0.337 e. The molecule has 20 heavy (non-hydrogen) atoms. The Morgan fingerprint density at radius 2 is 2.30 bits per heavy atom. The van der Waals surface area contributed by atoms with E-state index in [1.165, 1.54) is 31.9 Å². The lowest BCUT2D eigenvalue weighted by Gasteiger charge is -2.28. The van der Waals surface area contributed by atoms with Crippen LogP contribution < -0.4 is 5.32 Å².